The van der Waals surface area contributed by atoms with E-state index in [1.54, 1.807) is 18.9 Å². The molecule has 1 aromatic carbocycles. The van der Waals surface area contributed by atoms with Gasteiger partial charge in [0, 0.05) is 6.54 Å². The second kappa shape index (κ2) is 8.03. The fraction of sp³-hybridized carbons (Fsp3) is 0.533. The number of ether oxygens (including phenoxy) is 1. The maximum absolute atomic E-state index is 12.1. The molecule has 4 nitrogen and oxygen atoms in total. The van der Waals surface area contributed by atoms with E-state index in [2.05, 4.69) is 0 Å². The Morgan fingerprint density at radius 2 is 1.91 bits per heavy atom. The van der Waals surface area contributed by atoms with Crippen molar-refractivity contribution in [2.75, 3.05) is 20.2 Å². The minimum Gasteiger partial charge on any atom is -0.494 e. The van der Waals surface area contributed by atoms with Crippen molar-refractivity contribution in [3.8, 4) is 5.75 Å². The molecule has 0 saturated heterocycles. The van der Waals surface area contributed by atoms with Crippen LogP contribution in [0.2, 0.25) is 0 Å². The number of nitrogens with one attached hydrogen (secondary N) is 1. The lowest BCUT2D eigenvalue weighted by molar-refractivity contribution is -0.141. The average molecular weight is 318 g/mol. The molecular weight excluding hydrogens is 297 g/mol. The van der Waals surface area contributed by atoms with E-state index in [0.29, 0.717) is 13.2 Å². The van der Waals surface area contributed by atoms with Gasteiger partial charge in [0.25, 0.3) is 0 Å². The van der Waals surface area contributed by atoms with Gasteiger partial charge in [-0.05, 0) is 38.6 Å². The Labute approximate surface area is 128 Å². The number of alkyl halides is 3. The molecule has 0 heterocycles. The van der Waals surface area contributed by atoms with Gasteiger partial charge in [-0.25, -0.2) is 0 Å². The number of amides is 1. The molecule has 0 aliphatic carbocycles. The second-order valence-electron chi connectivity index (χ2n) is 5.00. The highest BCUT2D eigenvalue weighted by atomic mass is 19.4. The van der Waals surface area contributed by atoms with Gasteiger partial charge in [0.15, 0.2) is 0 Å². The quantitative estimate of drug-likeness (QED) is 0.840. The number of nitrogens with zero attached hydrogens (tertiary/aromatic N) is 1. The molecule has 7 heteroatoms. The van der Waals surface area contributed by atoms with Crippen LogP contribution in [-0.2, 0) is 11.3 Å². The van der Waals surface area contributed by atoms with Crippen molar-refractivity contribution in [2.24, 2.45) is 0 Å². The molecule has 0 spiro atoms. The molecule has 1 unspecified atom stereocenters. The Morgan fingerprint density at radius 1 is 1.32 bits per heavy atom. The fourth-order valence-electron chi connectivity index (χ4n) is 1.82. The summed E-state index contributed by atoms with van der Waals surface area (Å²) in [4.78, 5) is 13.4. The molecule has 22 heavy (non-hydrogen) atoms. The third-order valence-corrected chi connectivity index (χ3v) is 3.17. The van der Waals surface area contributed by atoms with Crippen molar-refractivity contribution in [3.63, 3.8) is 0 Å². The Morgan fingerprint density at radius 3 is 2.41 bits per heavy atom. The first-order valence-electron chi connectivity index (χ1n) is 6.99. The van der Waals surface area contributed by atoms with Gasteiger partial charge in [-0.3, -0.25) is 9.69 Å². The monoisotopic (exact) mass is 318 g/mol. The summed E-state index contributed by atoms with van der Waals surface area (Å²) in [5.74, 6) is 0.107. The van der Waals surface area contributed by atoms with Crippen molar-refractivity contribution < 1.29 is 22.7 Å². The standard InChI is InChI=1S/C15H21F3N2O2/c1-4-22-13-7-5-12(6-8-13)9-20(3)11(2)14(21)19-10-15(16,17)18/h5-8,11H,4,9-10H2,1-3H3,(H,19,21). The number of likely N-dealkylation sites (N-methyl/N-ethyl adjacent to an activating group) is 1. The van der Waals surface area contributed by atoms with Crippen molar-refractivity contribution in [1.82, 2.24) is 10.2 Å². The smallest absolute Gasteiger partial charge is 0.405 e. The van der Waals surface area contributed by atoms with Gasteiger partial charge in [0.05, 0.1) is 12.6 Å². The van der Waals surface area contributed by atoms with Crippen LogP contribution in [0.4, 0.5) is 13.2 Å². The van der Waals surface area contributed by atoms with Crippen LogP contribution in [0.3, 0.4) is 0 Å². The summed E-state index contributed by atoms with van der Waals surface area (Å²) in [6, 6.07) is 6.71. The van der Waals surface area contributed by atoms with Crippen LogP contribution in [0.1, 0.15) is 19.4 Å². The third-order valence-electron chi connectivity index (χ3n) is 3.17. The number of hydrogen-bond donors (Lipinski definition) is 1. The van der Waals surface area contributed by atoms with E-state index in [0.717, 1.165) is 11.3 Å². The van der Waals surface area contributed by atoms with Crippen molar-refractivity contribution in [2.45, 2.75) is 32.6 Å². The Kier molecular flexibility index (Phi) is 6.67. The van der Waals surface area contributed by atoms with Crippen molar-refractivity contribution in [1.29, 1.82) is 0 Å². The lowest BCUT2D eigenvalue weighted by atomic mass is 10.2. The van der Waals surface area contributed by atoms with E-state index >= 15 is 0 Å². The topological polar surface area (TPSA) is 41.6 Å². The maximum atomic E-state index is 12.1. The molecule has 0 bridgehead atoms. The van der Waals surface area contributed by atoms with E-state index in [1.807, 2.05) is 36.5 Å². The first kappa shape index (κ1) is 18.3. The lowest BCUT2D eigenvalue weighted by Gasteiger charge is -2.24. The van der Waals surface area contributed by atoms with Gasteiger partial charge in [0.1, 0.15) is 12.3 Å². The maximum Gasteiger partial charge on any atom is 0.405 e. The van der Waals surface area contributed by atoms with Gasteiger partial charge in [-0.15, -0.1) is 0 Å². The zero-order chi connectivity index (χ0) is 16.8. The number of benzene rings is 1. The summed E-state index contributed by atoms with van der Waals surface area (Å²) < 4.78 is 41.6. The highest BCUT2D eigenvalue weighted by Gasteiger charge is 2.29. The van der Waals surface area contributed by atoms with E-state index in [4.69, 9.17) is 4.74 Å². The molecule has 1 amide bonds. The highest BCUT2D eigenvalue weighted by molar-refractivity contribution is 5.81. The summed E-state index contributed by atoms with van der Waals surface area (Å²) >= 11 is 0. The summed E-state index contributed by atoms with van der Waals surface area (Å²) in [6.45, 7) is 3.18. The van der Waals surface area contributed by atoms with E-state index in [1.165, 1.54) is 0 Å². The largest absolute Gasteiger partial charge is 0.494 e. The third kappa shape index (κ3) is 6.34. The predicted molar refractivity (Wildman–Crippen MR) is 77.6 cm³/mol. The van der Waals surface area contributed by atoms with Gasteiger partial charge in [0.2, 0.25) is 5.91 Å². The van der Waals surface area contributed by atoms with Crippen LogP contribution in [0, 0.1) is 0 Å². The van der Waals surface area contributed by atoms with Crippen molar-refractivity contribution >= 4 is 5.91 Å². The molecule has 124 valence electrons. The minimum absolute atomic E-state index is 0.451. The summed E-state index contributed by atoms with van der Waals surface area (Å²) in [7, 11) is 1.69. The zero-order valence-electron chi connectivity index (χ0n) is 12.9. The highest BCUT2D eigenvalue weighted by Crippen LogP contribution is 2.15. The molecule has 0 aliphatic heterocycles. The molecule has 0 aromatic heterocycles. The summed E-state index contributed by atoms with van der Waals surface area (Å²) in [5.41, 5.74) is 0.946. The van der Waals surface area contributed by atoms with Crippen molar-refractivity contribution in [3.05, 3.63) is 29.8 Å². The van der Waals surface area contributed by atoms with Crippen LogP contribution in [-0.4, -0.2) is 43.2 Å². The molecule has 1 aromatic rings. The fourth-order valence-corrected chi connectivity index (χ4v) is 1.82. The van der Waals surface area contributed by atoms with Gasteiger partial charge in [-0.2, -0.15) is 13.2 Å². The molecule has 0 aliphatic rings. The van der Waals surface area contributed by atoms with Gasteiger partial charge in [-0.1, -0.05) is 12.1 Å². The van der Waals surface area contributed by atoms with Crippen LogP contribution >= 0.6 is 0 Å². The normalized spacial score (nSPS) is 13.0. The van der Waals surface area contributed by atoms with Crippen LogP contribution in [0.5, 0.6) is 5.75 Å². The average Bonchev–Trinajstić information content (AvgIpc) is 2.45. The molecule has 0 radical (unpaired) electrons. The first-order valence-corrected chi connectivity index (χ1v) is 6.99. The number of carbonyl (C=O) groups excluding carboxylic acids is 1. The van der Waals surface area contributed by atoms with E-state index in [-0.39, 0.29) is 0 Å². The molecule has 1 rings (SSSR count). The molecule has 0 saturated carbocycles. The SMILES string of the molecule is CCOc1ccc(CN(C)C(C)C(=O)NCC(F)(F)F)cc1. The number of rotatable bonds is 7. The Balaban J connectivity index is 2.52. The summed E-state index contributed by atoms with van der Waals surface area (Å²) in [6.07, 6.45) is -4.40. The number of carbonyl (C=O) groups is 1. The number of halogens is 3. The Hall–Kier alpha value is -1.76. The summed E-state index contributed by atoms with van der Waals surface area (Å²) in [5, 5.41) is 1.89. The zero-order valence-corrected chi connectivity index (χ0v) is 12.9. The van der Waals surface area contributed by atoms with Crippen LogP contribution in [0.25, 0.3) is 0 Å². The molecule has 1 N–H and O–H groups in total. The molecule has 1 atom stereocenters. The number of hydrogen-bond acceptors (Lipinski definition) is 3. The Bertz CT molecular complexity index is 475. The van der Waals surface area contributed by atoms with Gasteiger partial charge < -0.3 is 10.1 Å². The minimum atomic E-state index is -4.40. The molecule has 0 fully saturated rings. The predicted octanol–water partition coefficient (Wildman–Crippen LogP) is 2.58. The molecular formula is C15H21F3N2O2. The lowest BCUT2D eigenvalue weighted by Crippen LogP contribution is -2.45. The van der Waals surface area contributed by atoms with E-state index in [9.17, 15) is 18.0 Å². The van der Waals surface area contributed by atoms with E-state index < -0.39 is 24.7 Å². The first-order chi connectivity index (χ1) is 10.2. The second-order valence-corrected chi connectivity index (χ2v) is 5.00. The van der Waals surface area contributed by atoms with Crippen LogP contribution in [0.15, 0.2) is 24.3 Å². The van der Waals surface area contributed by atoms with Gasteiger partial charge >= 0.3 is 6.18 Å². The van der Waals surface area contributed by atoms with Crippen LogP contribution < -0.4 is 10.1 Å².